The molecule has 27 heavy (non-hydrogen) atoms. The van der Waals surface area contributed by atoms with Crippen molar-refractivity contribution in [3.63, 3.8) is 0 Å². The van der Waals surface area contributed by atoms with E-state index in [4.69, 9.17) is 16.5 Å². The van der Waals surface area contributed by atoms with Crippen LogP contribution < -0.4 is 21.7 Å². The molecule has 0 spiro atoms. The first kappa shape index (κ1) is 18.3. The highest BCUT2D eigenvalue weighted by Gasteiger charge is 2.19. The maximum atomic E-state index is 6.00. The molecule has 0 amide bonds. The smallest absolute Gasteiger partial charge is 0.226 e. The molecule has 2 aromatic heterocycles. The zero-order valence-corrected chi connectivity index (χ0v) is 17.5. The van der Waals surface area contributed by atoms with E-state index >= 15 is 0 Å². The molecule has 0 aliphatic carbocycles. The molecule has 0 atom stereocenters. The number of fused-ring (bicyclic) bond motifs is 1. The van der Waals surface area contributed by atoms with Crippen LogP contribution in [0.1, 0.15) is 12.8 Å². The molecule has 5 N–H and O–H groups in total. The van der Waals surface area contributed by atoms with Crippen LogP contribution in [0.3, 0.4) is 0 Å². The van der Waals surface area contributed by atoms with Gasteiger partial charge in [-0.2, -0.15) is 0 Å². The van der Waals surface area contributed by atoms with E-state index in [2.05, 4.69) is 57.0 Å². The van der Waals surface area contributed by atoms with Gasteiger partial charge in [0.2, 0.25) is 5.95 Å². The first-order chi connectivity index (χ1) is 13.0. The molecule has 1 fully saturated rings. The molecule has 3 aromatic rings. The first-order valence-corrected chi connectivity index (χ1v) is 10.1. The number of benzene rings is 1. The van der Waals surface area contributed by atoms with Crippen molar-refractivity contribution in [3.8, 4) is 0 Å². The van der Waals surface area contributed by atoms with Gasteiger partial charge in [-0.05, 0) is 56.8 Å². The van der Waals surface area contributed by atoms with Gasteiger partial charge in [0.15, 0.2) is 5.82 Å². The number of nitrogens with one attached hydrogen (secondary N) is 1. The zero-order chi connectivity index (χ0) is 19.0. The fourth-order valence-corrected chi connectivity index (χ4v) is 4.17. The first-order valence-electron chi connectivity index (χ1n) is 8.51. The van der Waals surface area contributed by atoms with Gasteiger partial charge in [-0.1, -0.05) is 0 Å². The molecular formula is C17H18Br2N8. The third kappa shape index (κ3) is 3.83. The highest BCUT2D eigenvalue weighted by atomic mass is 79.9. The summed E-state index contributed by atoms with van der Waals surface area (Å²) in [7, 11) is 0. The highest BCUT2D eigenvalue weighted by Crippen LogP contribution is 2.33. The molecule has 3 heterocycles. The number of nitrogens with two attached hydrogens (primary N) is 2. The van der Waals surface area contributed by atoms with Crippen LogP contribution in [0, 0.1) is 0 Å². The van der Waals surface area contributed by atoms with Crippen LogP contribution in [-0.4, -0.2) is 39.1 Å². The summed E-state index contributed by atoms with van der Waals surface area (Å²) in [6.45, 7) is 1.70. The van der Waals surface area contributed by atoms with E-state index in [1.807, 2.05) is 12.1 Å². The number of nitrogen functional groups attached to an aromatic ring is 1. The Labute approximate surface area is 173 Å². The number of rotatable bonds is 3. The minimum atomic E-state index is 0.254. The minimum Gasteiger partial charge on any atom is -0.397 e. The standard InChI is InChI=1S/C17H18Br2N8/c18-11-5-10(6-12(19)14(11)21)25-16-15-13(23-8-24-16)7-22-17(26-15)27-3-1-9(20)2-4-27/h5-9H,1-4,20-21H2,(H,23,24,25). The monoisotopic (exact) mass is 492 g/mol. The summed E-state index contributed by atoms with van der Waals surface area (Å²) < 4.78 is 1.58. The number of aromatic nitrogens is 4. The lowest BCUT2D eigenvalue weighted by atomic mass is 10.1. The van der Waals surface area contributed by atoms with Gasteiger partial charge >= 0.3 is 0 Å². The Morgan fingerprint density at radius 1 is 1.07 bits per heavy atom. The molecule has 0 radical (unpaired) electrons. The second kappa shape index (κ2) is 7.53. The lowest BCUT2D eigenvalue weighted by Gasteiger charge is -2.30. The Morgan fingerprint density at radius 3 is 2.48 bits per heavy atom. The van der Waals surface area contributed by atoms with E-state index in [1.54, 1.807) is 6.20 Å². The maximum Gasteiger partial charge on any atom is 0.226 e. The molecule has 0 saturated carbocycles. The molecule has 1 saturated heterocycles. The average molecular weight is 494 g/mol. The molecule has 10 heteroatoms. The van der Waals surface area contributed by atoms with E-state index in [0.29, 0.717) is 28.5 Å². The third-order valence-corrected chi connectivity index (χ3v) is 5.84. The van der Waals surface area contributed by atoms with Gasteiger partial charge in [0.1, 0.15) is 17.4 Å². The van der Waals surface area contributed by atoms with Gasteiger partial charge in [0.05, 0.1) is 11.9 Å². The number of hydrogen-bond acceptors (Lipinski definition) is 8. The lowest BCUT2D eigenvalue weighted by Crippen LogP contribution is -2.40. The lowest BCUT2D eigenvalue weighted by molar-refractivity contribution is 0.496. The Kier molecular flexibility index (Phi) is 5.11. The summed E-state index contributed by atoms with van der Waals surface area (Å²) in [5, 5.41) is 3.30. The number of piperidine rings is 1. The minimum absolute atomic E-state index is 0.254. The molecule has 1 aromatic carbocycles. The van der Waals surface area contributed by atoms with E-state index in [9.17, 15) is 0 Å². The van der Waals surface area contributed by atoms with Crippen molar-refractivity contribution in [1.82, 2.24) is 19.9 Å². The molecule has 1 aliphatic heterocycles. The number of hydrogen-bond donors (Lipinski definition) is 3. The molecule has 8 nitrogen and oxygen atoms in total. The number of halogens is 2. The molecule has 4 rings (SSSR count). The van der Waals surface area contributed by atoms with Crippen LogP contribution in [0.4, 0.5) is 23.1 Å². The zero-order valence-electron chi connectivity index (χ0n) is 14.4. The van der Waals surface area contributed by atoms with Gasteiger partial charge in [-0.3, -0.25) is 0 Å². The Bertz CT molecular complexity index is 965. The SMILES string of the molecule is Nc1c(Br)cc(Nc2ncnc3cnc(N4CCC(N)CC4)nc23)cc1Br. The Morgan fingerprint density at radius 2 is 1.78 bits per heavy atom. The Balaban J connectivity index is 1.69. The number of anilines is 4. The van der Waals surface area contributed by atoms with Crippen molar-refractivity contribution < 1.29 is 0 Å². The fraction of sp³-hybridized carbons (Fsp3) is 0.294. The van der Waals surface area contributed by atoms with E-state index in [-0.39, 0.29) is 6.04 Å². The van der Waals surface area contributed by atoms with Gasteiger partial charge in [0.25, 0.3) is 0 Å². The van der Waals surface area contributed by atoms with Crippen LogP contribution in [0.25, 0.3) is 11.0 Å². The summed E-state index contributed by atoms with van der Waals surface area (Å²) >= 11 is 6.92. The van der Waals surface area contributed by atoms with Crippen molar-refractivity contribution in [2.45, 2.75) is 18.9 Å². The van der Waals surface area contributed by atoms with Crippen molar-refractivity contribution in [1.29, 1.82) is 0 Å². The molecular weight excluding hydrogens is 476 g/mol. The van der Waals surface area contributed by atoms with Crippen LogP contribution in [0.2, 0.25) is 0 Å². The third-order valence-electron chi connectivity index (χ3n) is 4.53. The predicted molar refractivity (Wildman–Crippen MR) is 114 cm³/mol. The normalized spacial score (nSPS) is 15.3. The van der Waals surface area contributed by atoms with Crippen LogP contribution in [0.15, 0.2) is 33.6 Å². The van der Waals surface area contributed by atoms with Crippen LogP contribution in [-0.2, 0) is 0 Å². The molecule has 1 aliphatic rings. The van der Waals surface area contributed by atoms with Crippen molar-refractivity contribution in [2.24, 2.45) is 5.73 Å². The molecule has 140 valence electrons. The summed E-state index contributed by atoms with van der Waals surface area (Å²) in [6.07, 6.45) is 5.10. The van der Waals surface area contributed by atoms with E-state index in [0.717, 1.165) is 40.6 Å². The summed E-state index contributed by atoms with van der Waals surface area (Å²) in [6, 6.07) is 4.04. The summed E-state index contributed by atoms with van der Waals surface area (Å²) in [5.74, 6) is 1.29. The summed E-state index contributed by atoms with van der Waals surface area (Å²) in [4.78, 5) is 20.0. The summed E-state index contributed by atoms with van der Waals surface area (Å²) in [5.41, 5.74) is 14.8. The largest absolute Gasteiger partial charge is 0.397 e. The highest BCUT2D eigenvalue weighted by molar-refractivity contribution is 9.11. The van der Waals surface area contributed by atoms with Crippen LogP contribution in [0.5, 0.6) is 0 Å². The fourth-order valence-electron chi connectivity index (χ4n) is 2.98. The van der Waals surface area contributed by atoms with Crippen LogP contribution >= 0.6 is 31.9 Å². The van der Waals surface area contributed by atoms with Crippen molar-refractivity contribution in [3.05, 3.63) is 33.6 Å². The van der Waals surface area contributed by atoms with Gasteiger partial charge in [-0.15, -0.1) is 0 Å². The second-order valence-corrected chi connectivity index (χ2v) is 8.14. The van der Waals surface area contributed by atoms with Gasteiger partial charge < -0.3 is 21.7 Å². The Hall–Kier alpha value is -2.04. The van der Waals surface area contributed by atoms with Crippen molar-refractivity contribution >= 4 is 66.0 Å². The van der Waals surface area contributed by atoms with E-state index < -0.39 is 0 Å². The maximum absolute atomic E-state index is 6.00. The quantitative estimate of drug-likeness (QED) is 0.476. The van der Waals surface area contributed by atoms with Gasteiger partial charge in [-0.25, -0.2) is 19.9 Å². The predicted octanol–water partition coefficient (Wildman–Crippen LogP) is 3.20. The van der Waals surface area contributed by atoms with E-state index in [1.165, 1.54) is 6.33 Å². The molecule has 0 bridgehead atoms. The topological polar surface area (TPSA) is 119 Å². The molecule has 0 unspecified atom stereocenters. The number of nitrogens with zero attached hydrogens (tertiary/aromatic N) is 5. The van der Waals surface area contributed by atoms with Crippen molar-refractivity contribution in [2.75, 3.05) is 29.0 Å². The second-order valence-electron chi connectivity index (χ2n) is 6.43. The van der Waals surface area contributed by atoms with Gasteiger partial charge in [0, 0.05) is 33.8 Å². The average Bonchev–Trinajstić information content (AvgIpc) is 2.67.